The summed E-state index contributed by atoms with van der Waals surface area (Å²) >= 11 is 6.02. The molecule has 1 heterocycles. The van der Waals surface area contributed by atoms with E-state index >= 15 is 0 Å². The van der Waals surface area contributed by atoms with Gasteiger partial charge in [-0.2, -0.15) is 0 Å². The Kier molecular flexibility index (Phi) is 5.79. The van der Waals surface area contributed by atoms with Crippen LogP contribution in [0.25, 0.3) is 0 Å². The predicted octanol–water partition coefficient (Wildman–Crippen LogP) is 3.66. The summed E-state index contributed by atoms with van der Waals surface area (Å²) in [7, 11) is 0. The number of hydrogen-bond donors (Lipinski definition) is 1. The van der Waals surface area contributed by atoms with Crippen LogP contribution in [0, 0.1) is 5.92 Å². The van der Waals surface area contributed by atoms with Gasteiger partial charge >= 0.3 is 6.03 Å². The van der Waals surface area contributed by atoms with E-state index in [2.05, 4.69) is 17.4 Å². The Bertz CT molecular complexity index is 508. The molecule has 0 bridgehead atoms. The highest BCUT2D eigenvalue weighted by Gasteiger charge is 2.27. The van der Waals surface area contributed by atoms with Crippen LogP contribution in [0.5, 0.6) is 0 Å². The number of halogens is 1. The van der Waals surface area contributed by atoms with Crippen molar-refractivity contribution in [1.29, 1.82) is 0 Å². The van der Waals surface area contributed by atoms with Gasteiger partial charge in [-0.15, -0.1) is 0 Å². The van der Waals surface area contributed by atoms with Crippen LogP contribution in [0.3, 0.4) is 0 Å². The first-order valence-corrected chi connectivity index (χ1v) is 8.98. The molecular weight excluding hydrogens is 312 g/mol. The number of morpholine rings is 1. The molecule has 2 aliphatic rings. The topological polar surface area (TPSA) is 41.6 Å². The molecule has 1 aromatic rings. The number of urea groups is 1. The molecule has 1 saturated heterocycles. The molecule has 2 amide bonds. The molecule has 23 heavy (non-hydrogen) atoms. The molecule has 1 aromatic carbocycles. The van der Waals surface area contributed by atoms with Gasteiger partial charge in [0.1, 0.15) is 0 Å². The third kappa shape index (κ3) is 4.39. The lowest BCUT2D eigenvalue weighted by Crippen LogP contribution is -2.47. The molecule has 0 spiro atoms. The summed E-state index contributed by atoms with van der Waals surface area (Å²) in [5.74, 6) is 1.03. The van der Waals surface area contributed by atoms with Gasteiger partial charge in [0.15, 0.2) is 0 Å². The van der Waals surface area contributed by atoms with E-state index in [1.54, 1.807) is 0 Å². The Labute approximate surface area is 143 Å². The van der Waals surface area contributed by atoms with Gasteiger partial charge in [-0.1, -0.05) is 36.6 Å². The minimum atomic E-state index is 0.0326. The molecule has 1 unspecified atom stereocenters. The van der Waals surface area contributed by atoms with Crippen LogP contribution in [-0.4, -0.2) is 43.8 Å². The second-order valence-electron chi connectivity index (χ2n) is 6.49. The van der Waals surface area contributed by atoms with Crippen LogP contribution in [0.1, 0.15) is 37.2 Å². The summed E-state index contributed by atoms with van der Waals surface area (Å²) in [6, 6.07) is 8.13. The van der Waals surface area contributed by atoms with Gasteiger partial charge in [-0.3, -0.25) is 0 Å². The van der Waals surface area contributed by atoms with Gasteiger partial charge < -0.3 is 15.0 Å². The average molecular weight is 337 g/mol. The highest BCUT2D eigenvalue weighted by Crippen LogP contribution is 2.37. The van der Waals surface area contributed by atoms with Gasteiger partial charge in [-0.05, 0) is 36.5 Å². The Morgan fingerprint density at radius 2 is 1.87 bits per heavy atom. The van der Waals surface area contributed by atoms with Crippen molar-refractivity contribution in [1.82, 2.24) is 10.2 Å². The van der Waals surface area contributed by atoms with Crippen molar-refractivity contribution in [3.05, 3.63) is 34.9 Å². The van der Waals surface area contributed by atoms with Crippen molar-refractivity contribution in [3.63, 3.8) is 0 Å². The minimum absolute atomic E-state index is 0.0326. The average Bonchev–Trinajstić information content (AvgIpc) is 3.11. The quantitative estimate of drug-likeness (QED) is 0.911. The van der Waals surface area contributed by atoms with Gasteiger partial charge in [0.2, 0.25) is 0 Å². The standard InChI is InChI=1S/C18H25ClN2O2/c19-16-7-5-15(6-8-16)17(14-3-1-2-4-14)13-20-18(22)21-9-11-23-12-10-21/h5-8,14,17H,1-4,9-13H2,(H,20,22). The normalized spacial score (nSPS) is 20.5. The molecule has 0 aromatic heterocycles. The molecule has 4 nitrogen and oxygen atoms in total. The maximum atomic E-state index is 12.3. The molecule has 2 fully saturated rings. The Hall–Kier alpha value is -1.26. The lowest BCUT2D eigenvalue weighted by Gasteiger charge is -2.29. The zero-order valence-electron chi connectivity index (χ0n) is 13.5. The van der Waals surface area contributed by atoms with Crippen LogP contribution in [0.2, 0.25) is 5.02 Å². The summed E-state index contributed by atoms with van der Waals surface area (Å²) in [5.41, 5.74) is 1.28. The Morgan fingerprint density at radius 1 is 1.22 bits per heavy atom. The summed E-state index contributed by atoms with van der Waals surface area (Å²) in [6.45, 7) is 3.33. The predicted molar refractivity (Wildman–Crippen MR) is 91.9 cm³/mol. The molecule has 1 saturated carbocycles. The lowest BCUT2D eigenvalue weighted by molar-refractivity contribution is 0.0530. The largest absolute Gasteiger partial charge is 0.378 e. The van der Waals surface area contributed by atoms with E-state index in [0.29, 0.717) is 44.7 Å². The number of nitrogens with one attached hydrogen (secondary N) is 1. The number of carbonyl (C=O) groups is 1. The van der Waals surface area contributed by atoms with E-state index < -0.39 is 0 Å². The van der Waals surface area contributed by atoms with Crippen LogP contribution >= 0.6 is 11.6 Å². The highest BCUT2D eigenvalue weighted by atomic mass is 35.5. The monoisotopic (exact) mass is 336 g/mol. The van der Waals surface area contributed by atoms with Crippen molar-refractivity contribution in [3.8, 4) is 0 Å². The van der Waals surface area contributed by atoms with E-state index in [1.165, 1.54) is 31.2 Å². The van der Waals surface area contributed by atoms with E-state index in [-0.39, 0.29) is 6.03 Å². The molecule has 1 aliphatic carbocycles. The number of nitrogens with zero attached hydrogens (tertiary/aromatic N) is 1. The van der Waals surface area contributed by atoms with Crippen LogP contribution in [-0.2, 0) is 4.74 Å². The van der Waals surface area contributed by atoms with E-state index in [1.807, 2.05) is 17.0 Å². The fourth-order valence-corrected chi connectivity index (χ4v) is 3.83. The number of amides is 2. The zero-order valence-corrected chi connectivity index (χ0v) is 14.2. The SMILES string of the molecule is O=C(NCC(c1ccc(Cl)cc1)C1CCCC1)N1CCOCC1. The summed E-state index contributed by atoms with van der Waals surface area (Å²) in [4.78, 5) is 14.2. The molecule has 0 radical (unpaired) electrons. The molecule has 5 heteroatoms. The van der Waals surface area contributed by atoms with Crippen LogP contribution in [0.4, 0.5) is 4.79 Å². The molecule has 126 valence electrons. The first kappa shape index (κ1) is 16.6. The minimum Gasteiger partial charge on any atom is -0.378 e. The molecule has 1 aliphatic heterocycles. The van der Waals surface area contributed by atoms with Crippen LogP contribution < -0.4 is 5.32 Å². The van der Waals surface area contributed by atoms with Crippen molar-refractivity contribution >= 4 is 17.6 Å². The highest BCUT2D eigenvalue weighted by molar-refractivity contribution is 6.30. The second-order valence-corrected chi connectivity index (χ2v) is 6.92. The lowest BCUT2D eigenvalue weighted by atomic mass is 9.85. The Morgan fingerprint density at radius 3 is 2.52 bits per heavy atom. The van der Waals surface area contributed by atoms with Gasteiger partial charge in [0.05, 0.1) is 13.2 Å². The van der Waals surface area contributed by atoms with Crippen molar-refractivity contribution in [2.24, 2.45) is 5.92 Å². The molecule has 3 rings (SSSR count). The van der Waals surface area contributed by atoms with E-state index in [4.69, 9.17) is 16.3 Å². The van der Waals surface area contributed by atoms with Crippen LogP contribution in [0.15, 0.2) is 24.3 Å². The molecule has 1 N–H and O–H groups in total. The van der Waals surface area contributed by atoms with Crippen molar-refractivity contribution in [2.75, 3.05) is 32.8 Å². The van der Waals surface area contributed by atoms with Crippen molar-refractivity contribution < 1.29 is 9.53 Å². The zero-order chi connectivity index (χ0) is 16.1. The summed E-state index contributed by atoms with van der Waals surface area (Å²) < 4.78 is 5.30. The number of ether oxygens (including phenoxy) is 1. The fourth-order valence-electron chi connectivity index (χ4n) is 3.70. The first-order chi connectivity index (χ1) is 11.2. The number of benzene rings is 1. The third-order valence-corrected chi connectivity index (χ3v) is 5.29. The van der Waals surface area contributed by atoms with Gasteiger partial charge in [-0.25, -0.2) is 4.79 Å². The van der Waals surface area contributed by atoms with Gasteiger partial charge in [0.25, 0.3) is 0 Å². The van der Waals surface area contributed by atoms with Crippen molar-refractivity contribution in [2.45, 2.75) is 31.6 Å². The first-order valence-electron chi connectivity index (χ1n) is 8.60. The fraction of sp³-hybridized carbons (Fsp3) is 0.611. The summed E-state index contributed by atoms with van der Waals surface area (Å²) in [5, 5.41) is 3.90. The van der Waals surface area contributed by atoms with Gasteiger partial charge in [0, 0.05) is 30.6 Å². The number of rotatable bonds is 4. The maximum absolute atomic E-state index is 12.3. The number of hydrogen-bond acceptors (Lipinski definition) is 2. The number of carbonyl (C=O) groups excluding carboxylic acids is 1. The maximum Gasteiger partial charge on any atom is 0.317 e. The molecule has 1 atom stereocenters. The van der Waals surface area contributed by atoms with E-state index in [9.17, 15) is 4.79 Å². The Balaban J connectivity index is 1.63. The molecular formula is C18H25ClN2O2. The smallest absolute Gasteiger partial charge is 0.317 e. The van der Waals surface area contributed by atoms with E-state index in [0.717, 1.165) is 5.02 Å². The third-order valence-electron chi connectivity index (χ3n) is 5.04. The summed E-state index contributed by atoms with van der Waals surface area (Å²) in [6.07, 6.45) is 5.10. The second kappa shape index (κ2) is 8.02.